The van der Waals surface area contributed by atoms with Crippen molar-refractivity contribution in [3.05, 3.63) is 91.4 Å². The predicted molar refractivity (Wildman–Crippen MR) is 158 cm³/mol. The molecule has 1 fully saturated rings. The van der Waals surface area contributed by atoms with E-state index in [-0.39, 0.29) is 18.1 Å². The first-order chi connectivity index (χ1) is 19.0. The van der Waals surface area contributed by atoms with E-state index in [1.165, 1.54) is 11.1 Å². The van der Waals surface area contributed by atoms with Crippen molar-refractivity contribution in [1.29, 1.82) is 0 Å². The minimum atomic E-state index is -0.197. The molecule has 4 aromatic rings. The summed E-state index contributed by atoms with van der Waals surface area (Å²) in [6.07, 6.45) is 7.04. The Balaban J connectivity index is 1.53. The number of aromatic nitrogens is 2. The Hall–Kier alpha value is -3.36. The van der Waals surface area contributed by atoms with Gasteiger partial charge in [-0.15, -0.1) is 0 Å². The van der Waals surface area contributed by atoms with Gasteiger partial charge < -0.3 is 14.2 Å². The molecule has 202 valence electrons. The molecule has 0 aliphatic heterocycles. The van der Waals surface area contributed by atoms with E-state index < -0.39 is 0 Å². The number of benzene rings is 3. The monoisotopic (exact) mass is 609 g/mol. The molecule has 1 aromatic heterocycles. The third-order valence-corrected chi connectivity index (χ3v) is 7.80. The van der Waals surface area contributed by atoms with E-state index in [9.17, 15) is 4.79 Å². The number of methoxy groups -OCH3 is 2. The van der Waals surface area contributed by atoms with Gasteiger partial charge in [-0.05, 0) is 49.2 Å². The Morgan fingerprint density at radius 2 is 1.77 bits per heavy atom. The smallest absolute Gasteiger partial charge is 0.282 e. The van der Waals surface area contributed by atoms with Gasteiger partial charge >= 0.3 is 0 Å². The van der Waals surface area contributed by atoms with Crippen LogP contribution in [0.15, 0.2) is 69.0 Å². The summed E-state index contributed by atoms with van der Waals surface area (Å²) in [5, 5.41) is 5.78. The number of fused-ring (bicyclic) bond motifs is 1. The second kappa shape index (κ2) is 12.2. The SMILES string of the molecule is COc1cc(C=Nn2c(C3CCCCC3)nc3ccc(Br)cc3c2=O)cc(OC)c1OCc1ccccc1Cl. The lowest BCUT2D eigenvalue weighted by Crippen LogP contribution is -2.25. The molecular formula is C30H29BrClN3O4. The van der Waals surface area contributed by atoms with E-state index in [0.29, 0.717) is 44.6 Å². The van der Waals surface area contributed by atoms with Crippen LogP contribution in [-0.4, -0.2) is 30.1 Å². The molecule has 3 aromatic carbocycles. The molecule has 1 heterocycles. The van der Waals surface area contributed by atoms with E-state index in [4.69, 9.17) is 30.8 Å². The van der Waals surface area contributed by atoms with Crippen LogP contribution >= 0.6 is 27.5 Å². The molecule has 0 spiro atoms. The van der Waals surface area contributed by atoms with Crippen LogP contribution in [0.3, 0.4) is 0 Å². The summed E-state index contributed by atoms with van der Waals surface area (Å²) in [6.45, 7) is 0.248. The molecule has 5 rings (SSSR count). The molecule has 7 nitrogen and oxygen atoms in total. The van der Waals surface area contributed by atoms with Gasteiger partial charge in [-0.2, -0.15) is 9.78 Å². The van der Waals surface area contributed by atoms with E-state index in [0.717, 1.165) is 35.7 Å². The van der Waals surface area contributed by atoms with Gasteiger partial charge in [0.05, 0.1) is 31.3 Å². The summed E-state index contributed by atoms with van der Waals surface area (Å²) in [6, 6.07) is 16.7. The molecule has 0 atom stereocenters. The summed E-state index contributed by atoms with van der Waals surface area (Å²) in [4.78, 5) is 18.5. The van der Waals surface area contributed by atoms with Gasteiger partial charge in [0.25, 0.3) is 5.56 Å². The highest BCUT2D eigenvalue weighted by Gasteiger charge is 2.23. The Morgan fingerprint density at radius 1 is 1.05 bits per heavy atom. The minimum absolute atomic E-state index is 0.182. The highest BCUT2D eigenvalue weighted by Crippen LogP contribution is 2.39. The number of hydrogen-bond donors (Lipinski definition) is 0. The predicted octanol–water partition coefficient (Wildman–Crippen LogP) is 7.34. The maximum absolute atomic E-state index is 13.6. The topological polar surface area (TPSA) is 74.9 Å². The Labute approximate surface area is 240 Å². The van der Waals surface area contributed by atoms with Crippen molar-refractivity contribution in [2.75, 3.05) is 14.2 Å². The maximum Gasteiger partial charge on any atom is 0.282 e. The number of halogens is 2. The molecule has 0 radical (unpaired) electrons. The molecule has 0 bridgehead atoms. The molecular weight excluding hydrogens is 582 g/mol. The van der Waals surface area contributed by atoms with Crippen LogP contribution in [0.5, 0.6) is 17.2 Å². The number of nitrogens with zero attached hydrogens (tertiary/aromatic N) is 3. The van der Waals surface area contributed by atoms with Gasteiger partial charge in [0.15, 0.2) is 11.5 Å². The fraction of sp³-hybridized carbons (Fsp3) is 0.300. The summed E-state index contributed by atoms with van der Waals surface area (Å²) in [5.74, 6) is 2.28. The third kappa shape index (κ3) is 5.97. The van der Waals surface area contributed by atoms with Gasteiger partial charge in [0, 0.05) is 26.5 Å². The normalized spacial score (nSPS) is 14.2. The van der Waals surface area contributed by atoms with Crippen LogP contribution in [0.4, 0.5) is 0 Å². The zero-order chi connectivity index (χ0) is 27.4. The van der Waals surface area contributed by atoms with Gasteiger partial charge in [-0.25, -0.2) is 4.98 Å². The van der Waals surface area contributed by atoms with Crippen LogP contribution in [0.2, 0.25) is 5.02 Å². The van der Waals surface area contributed by atoms with Crippen molar-refractivity contribution >= 4 is 44.6 Å². The number of rotatable bonds is 8. The molecule has 0 amide bonds. The van der Waals surface area contributed by atoms with Crippen LogP contribution in [0.25, 0.3) is 10.9 Å². The molecule has 1 aliphatic carbocycles. The molecule has 1 saturated carbocycles. The van der Waals surface area contributed by atoms with E-state index >= 15 is 0 Å². The van der Waals surface area contributed by atoms with E-state index in [2.05, 4.69) is 21.0 Å². The van der Waals surface area contributed by atoms with E-state index in [1.807, 2.05) is 36.4 Å². The fourth-order valence-corrected chi connectivity index (χ4v) is 5.46. The first kappa shape index (κ1) is 27.2. The number of hydrogen-bond acceptors (Lipinski definition) is 6. The van der Waals surface area contributed by atoms with Crippen LogP contribution in [0, 0.1) is 0 Å². The summed E-state index contributed by atoms with van der Waals surface area (Å²) >= 11 is 9.76. The van der Waals surface area contributed by atoms with Crippen molar-refractivity contribution in [1.82, 2.24) is 9.66 Å². The van der Waals surface area contributed by atoms with Crippen molar-refractivity contribution in [3.63, 3.8) is 0 Å². The average molecular weight is 611 g/mol. The zero-order valence-corrected chi connectivity index (χ0v) is 24.2. The summed E-state index contributed by atoms with van der Waals surface area (Å²) in [5.41, 5.74) is 2.01. The molecule has 0 N–H and O–H groups in total. The quantitative estimate of drug-likeness (QED) is 0.195. The largest absolute Gasteiger partial charge is 0.493 e. The first-order valence-corrected chi connectivity index (χ1v) is 14.0. The van der Waals surface area contributed by atoms with Crippen LogP contribution in [0.1, 0.15) is 55.0 Å². The lowest BCUT2D eigenvalue weighted by molar-refractivity contribution is 0.266. The van der Waals surface area contributed by atoms with Crippen LogP contribution < -0.4 is 19.8 Å². The zero-order valence-electron chi connectivity index (χ0n) is 21.8. The van der Waals surface area contributed by atoms with Crippen molar-refractivity contribution < 1.29 is 14.2 Å². The Kier molecular flexibility index (Phi) is 8.53. The molecule has 1 aliphatic rings. The van der Waals surface area contributed by atoms with Crippen molar-refractivity contribution in [3.8, 4) is 17.2 Å². The third-order valence-electron chi connectivity index (χ3n) is 6.94. The molecule has 0 unspecified atom stereocenters. The first-order valence-electron chi connectivity index (χ1n) is 12.9. The van der Waals surface area contributed by atoms with Gasteiger partial charge in [0.2, 0.25) is 5.75 Å². The lowest BCUT2D eigenvalue weighted by atomic mass is 9.88. The van der Waals surface area contributed by atoms with Crippen molar-refractivity contribution in [2.45, 2.75) is 44.6 Å². The maximum atomic E-state index is 13.6. The lowest BCUT2D eigenvalue weighted by Gasteiger charge is -2.22. The minimum Gasteiger partial charge on any atom is -0.493 e. The molecule has 9 heteroatoms. The summed E-state index contributed by atoms with van der Waals surface area (Å²) < 4.78 is 19.6. The fourth-order valence-electron chi connectivity index (χ4n) is 4.91. The molecule has 0 saturated heterocycles. The van der Waals surface area contributed by atoms with Gasteiger partial charge in [-0.1, -0.05) is 65.0 Å². The van der Waals surface area contributed by atoms with Gasteiger partial charge in [0.1, 0.15) is 12.4 Å². The summed E-state index contributed by atoms with van der Waals surface area (Å²) in [7, 11) is 3.13. The highest BCUT2D eigenvalue weighted by atomic mass is 79.9. The van der Waals surface area contributed by atoms with E-state index in [1.54, 1.807) is 38.6 Å². The standard InChI is InChI=1S/C30H29BrClN3O4/c1-37-26-14-19(15-27(38-2)28(26)39-18-21-10-6-7-11-24(21)32)17-33-35-29(20-8-4-3-5-9-20)34-25-13-12-22(31)16-23(25)30(35)36/h6-7,10-17,20H,3-5,8-9,18H2,1-2H3. The Morgan fingerprint density at radius 3 is 2.46 bits per heavy atom. The van der Waals surface area contributed by atoms with Crippen LogP contribution in [-0.2, 0) is 6.61 Å². The molecule has 39 heavy (non-hydrogen) atoms. The van der Waals surface area contributed by atoms with Gasteiger partial charge in [-0.3, -0.25) is 4.79 Å². The van der Waals surface area contributed by atoms with Crippen molar-refractivity contribution in [2.24, 2.45) is 5.10 Å². The Bertz CT molecular complexity index is 1560. The number of ether oxygens (including phenoxy) is 3. The second-order valence-electron chi connectivity index (χ2n) is 9.46. The second-order valence-corrected chi connectivity index (χ2v) is 10.8. The highest BCUT2D eigenvalue weighted by molar-refractivity contribution is 9.10. The average Bonchev–Trinajstić information content (AvgIpc) is 2.96.